The van der Waals surface area contributed by atoms with Crippen LogP contribution in [0.4, 0.5) is 5.82 Å². The first-order valence-corrected chi connectivity index (χ1v) is 6.02. The molecule has 15 heavy (non-hydrogen) atoms. The highest BCUT2D eigenvalue weighted by molar-refractivity contribution is 6.17. The first-order valence-electron chi connectivity index (χ1n) is 5.49. The van der Waals surface area contributed by atoms with E-state index in [0.29, 0.717) is 5.92 Å². The molecule has 2 nitrogen and oxygen atoms in total. The molecule has 0 spiro atoms. The predicted octanol–water partition coefficient (Wildman–Crippen LogP) is 3.46. The Kier molecular flexibility index (Phi) is 5.48. The molecule has 3 heteroatoms. The molecule has 0 aliphatic carbocycles. The lowest BCUT2D eigenvalue weighted by atomic mass is 10.0. The van der Waals surface area contributed by atoms with Crippen LogP contribution < -0.4 is 5.32 Å². The normalized spacial score (nSPS) is 12.5. The highest BCUT2D eigenvalue weighted by Crippen LogP contribution is 2.13. The first kappa shape index (κ1) is 12.3. The Morgan fingerprint density at radius 2 is 2.33 bits per heavy atom. The van der Waals surface area contributed by atoms with Crippen LogP contribution in [0.25, 0.3) is 0 Å². The van der Waals surface area contributed by atoms with E-state index in [9.17, 15) is 0 Å². The lowest BCUT2D eigenvalue weighted by Gasteiger charge is -2.15. The number of aromatic nitrogens is 1. The standard InChI is InChI=1S/C12H19ClN2/c1-3-11(6-7-13)9-15-12-10(2)5-4-8-14-12/h4-5,8,11H,3,6-7,9H2,1-2H3,(H,14,15). The summed E-state index contributed by atoms with van der Waals surface area (Å²) in [6, 6.07) is 4.02. The number of aryl methyl sites for hydroxylation is 1. The van der Waals surface area contributed by atoms with Crippen molar-refractivity contribution in [3.8, 4) is 0 Å². The molecule has 0 saturated heterocycles. The van der Waals surface area contributed by atoms with Crippen LogP contribution in [0.2, 0.25) is 0 Å². The van der Waals surface area contributed by atoms with E-state index in [4.69, 9.17) is 11.6 Å². The van der Waals surface area contributed by atoms with Gasteiger partial charge in [-0.3, -0.25) is 0 Å². The van der Waals surface area contributed by atoms with E-state index in [-0.39, 0.29) is 0 Å². The molecule has 0 radical (unpaired) electrons. The molecule has 1 rings (SSSR count). The van der Waals surface area contributed by atoms with Crippen molar-refractivity contribution in [2.45, 2.75) is 26.7 Å². The fourth-order valence-electron chi connectivity index (χ4n) is 1.52. The molecule has 1 N–H and O–H groups in total. The summed E-state index contributed by atoms with van der Waals surface area (Å²) >= 11 is 5.74. The Morgan fingerprint density at radius 1 is 1.53 bits per heavy atom. The monoisotopic (exact) mass is 226 g/mol. The third-order valence-corrected chi connectivity index (χ3v) is 2.88. The third kappa shape index (κ3) is 4.08. The third-order valence-electron chi connectivity index (χ3n) is 2.66. The van der Waals surface area contributed by atoms with E-state index in [1.165, 1.54) is 5.56 Å². The number of nitrogens with one attached hydrogen (secondary N) is 1. The van der Waals surface area contributed by atoms with Crippen LogP contribution in [0.15, 0.2) is 18.3 Å². The van der Waals surface area contributed by atoms with Gasteiger partial charge in [0.25, 0.3) is 0 Å². The smallest absolute Gasteiger partial charge is 0.128 e. The molecular formula is C12H19ClN2. The number of rotatable bonds is 6. The molecule has 1 atom stereocenters. The summed E-state index contributed by atoms with van der Waals surface area (Å²) in [5.74, 6) is 2.37. The Labute approximate surface area is 97.1 Å². The molecule has 0 saturated carbocycles. The zero-order valence-electron chi connectivity index (χ0n) is 9.46. The molecule has 0 aliphatic heterocycles. The van der Waals surface area contributed by atoms with Gasteiger partial charge in [-0.1, -0.05) is 19.4 Å². The average molecular weight is 227 g/mol. The minimum Gasteiger partial charge on any atom is -0.370 e. The van der Waals surface area contributed by atoms with Crippen molar-refractivity contribution in [3.63, 3.8) is 0 Å². The van der Waals surface area contributed by atoms with Crippen molar-refractivity contribution in [1.29, 1.82) is 0 Å². The Morgan fingerprint density at radius 3 is 2.93 bits per heavy atom. The SMILES string of the molecule is CCC(CCCl)CNc1ncccc1C. The van der Waals surface area contributed by atoms with Crippen LogP contribution in [0, 0.1) is 12.8 Å². The second-order valence-electron chi connectivity index (χ2n) is 3.80. The molecule has 84 valence electrons. The second-order valence-corrected chi connectivity index (χ2v) is 4.18. The zero-order valence-corrected chi connectivity index (χ0v) is 10.2. The molecule has 1 unspecified atom stereocenters. The summed E-state index contributed by atoms with van der Waals surface area (Å²) in [5, 5.41) is 3.38. The summed E-state index contributed by atoms with van der Waals surface area (Å²) in [5.41, 5.74) is 1.19. The largest absolute Gasteiger partial charge is 0.370 e. The number of alkyl halides is 1. The molecule has 0 aliphatic rings. The number of hydrogen-bond donors (Lipinski definition) is 1. The van der Waals surface area contributed by atoms with Crippen LogP contribution in [-0.4, -0.2) is 17.4 Å². The van der Waals surface area contributed by atoms with E-state index in [1.807, 2.05) is 12.3 Å². The fraction of sp³-hybridized carbons (Fsp3) is 0.583. The molecule has 1 aromatic rings. The quantitative estimate of drug-likeness (QED) is 0.752. The Balaban J connectivity index is 2.45. The number of anilines is 1. The van der Waals surface area contributed by atoms with Gasteiger partial charge in [-0.15, -0.1) is 11.6 Å². The maximum atomic E-state index is 5.74. The minimum absolute atomic E-state index is 0.643. The van der Waals surface area contributed by atoms with Crippen LogP contribution >= 0.6 is 11.6 Å². The molecular weight excluding hydrogens is 208 g/mol. The molecule has 1 heterocycles. The van der Waals surface area contributed by atoms with Gasteiger partial charge in [-0.2, -0.15) is 0 Å². The van der Waals surface area contributed by atoms with Gasteiger partial charge in [-0.25, -0.2) is 4.98 Å². The number of nitrogens with zero attached hydrogens (tertiary/aromatic N) is 1. The van der Waals surface area contributed by atoms with Crippen LogP contribution in [0.5, 0.6) is 0 Å². The maximum Gasteiger partial charge on any atom is 0.128 e. The van der Waals surface area contributed by atoms with Crippen molar-refractivity contribution >= 4 is 17.4 Å². The number of pyridine rings is 1. The summed E-state index contributed by atoms with van der Waals surface area (Å²) in [4.78, 5) is 4.30. The van der Waals surface area contributed by atoms with Crippen molar-refractivity contribution in [2.24, 2.45) is 5.92 Å². The highest BCUT2D eigenvalue weighted by atomic mass is 35.5. The van der Waals surface area contributed by atoms with E-state index < -0.39 is 0 Å². The van der Waals surface area contributed by atoms with E-state index in [0.717, 1.165) is 31.1 Å². The summed E-state index contributed by atoms with van der Waals surface area (Å²) in [6.45, 7) is 5.23. The molecule has 0 fully saturated rings. The van der Waals surface area contributed by atoms with Gasteiger partial charge in [0.1, 0.15) is 5.82 Å². The Hall–Kier alpha value is -0.760. The number of hydrogen-bond acceptors (Lipinski definition) is 2. The van der Waals surface area contributed by atoms with E-state index in [2.05, 4.69) is 30.2 Å². The van der Waals surface area contributed by atoms with Crippen LogP contribution in [0.3, 0.4) is 0 Å². The highest BCUT2D eigenvalue weighted by Gasteiger charge is 2.06. The van der Waals surface area contributed by atoms with Gasteiger partial charge >= 0.3 is 0 Å². The molecule has 0 bridgehead atoms. The lowest BCUT2D eigenvalue weighted by molar-refractivity contribution is 0.521. The molecule has 1 aromatic heterocycles. The fourth-order valence-corrected chi connectivity index (χ4v) is 1.83. The summed E-state index contributed by atoms with van der Waals surface area (Å²) in [7, 11) is 0. The predicted molar refractivity (Wildman–Crippen MR) is 66.6 cm³/mol. The van der Waals surface area contributed by atoms with E-state index >= 15 is 0 Å². The molecule has 0 amide bonds. The van der Waals surface area contributed by atoms with Crippen molar-refractivity contribution in [1.82, 2.24) is 4.98 Å². The van der Waals surface area contributed by atoms with Gasteiger partial charge < -0.3 is 5.32 Å². The Bertz CT molecular complexity index is 289. The number of halogens is 1. The summed E-state index contributed by atoms with van der Waals surface area (Å²) < 4.78 is 0. The first-order chi connectivity index (χ1) is 7.27. The van der Waals surface area contributed by atoms with Gasteiger partial charge in [0, 0.05) is 18.6 Å². The average Bonchev–Trinajstić information content (AvgIpc) is 2.26. The van der Waals surface area contributed by atoms with Gasteiger partial charge in [0.2, 0.25) is 0 Å². The van der Waals surface area contributed by atoms with Gasteiger partial charge in [-0.05, 0) is 30.9 Å². The molecule has 0 aromatic carbocycles. The maximum absolute atomic E-state index is 5.74. The zero-order chi connectivity index (χ0) is 11.1. The van der Waals surface area contributed by atoms with Gasteiger partial charge in [0.05, 0.1) is 0 Å². The van der Waals surface area contributed by atoms with Crippen LogP contribution in [-0.2, 0) is 0 Å². The van der Waals surface area contributed by atoms with Crippen LogP contribution in [0.1, 0.15) is 25.3 Å². The lowest BCUT2D eigenvalue weighted by Crippen LogP contribution is -2.15. The summed E-state index contributed by atoms with van der Waals surface area (Å²) in [6.07, 6.45) is 4.04. The second kappa shape index (κ2) is 6.67. The van der Waals surface area contributed by atoms with E-state index in [1.54, 1.807) is 0 Å². The van der Waals surface area contributed by atoms with Crippen molar-refractivity contribution in [3.05, 3.63) is 23.9 Å². The topological polar surface area (TPSA) is 24.9 Å². The minimum atomic E-state index is 0.643. The van der Waals surface area contributed by atoms with Crippen molar-refractivity contribution in [2.75, 3.05) is 17.7 Å². The van der Waals surface area contributed by atoms with Crippen molar-refractivity contribution < 1.29 is 0 Å². The van der Waals surface area contributed by atoms with Gasteiger partial charge in [0.15, 0.2) is 0 Å².